The number of aryl methyl sites for hydroxylation is 4. The van der Waals surface area contributed by atoms with Gasteiger partial charge in [0.15, 0.2) is 11.6 Å². The van der Waals surface area contributed by atoms with Crippen molar-refractivity contribution in [3.63, 3.8) is 0 Å². The molecule has 1 heterocycles. The maximum atomic E-state index is 13.9. The van der Waals surface area contributed by atoms with Crippen LogP contribution < -0.4 is 10.2 Å². The molecule has 0 aromatic heterocycles. The number of carbonyl (C=O) groups excluding carboxylic acids is 2. The zero-order chi connectivity index (χ0) is 23.2. The van der Waals surface area contributed by atoms with Crippen molar-refractivity contribution in [2.75, 3.05) is 10.2 Å². The first-order chi connectivity index (χ1) is 15.2. The Morgan fingerprint density at radius 3 is 2.00 bits per heavy atom. The number of hydrogen-bond donors (Lipinski definition) is 1. The van der Waals surface area contributed by atoms with Gasteiger partial charge in [0.05, 0.1) is 11.3 Å². The van der Waals surface area contributed by atoms with Crippen LogP contribution in [0.1, 0.15) is 27.8 Å². The molecule has 3 aromatic carbocycles. The van der Waals surface area contributed by atoms with Crippen LogP contribution in [0, 0.1) is 39.3 Å². The number of hydrogen-bond acceptors (Lipinski definition) is 3. The molecule has 162 valence electrons. The van der Waals surface area contributed by atoms with Gasteiger partial charge in [-0.1, -0.05) is 41.5 Å². The molecule has 0 bridgehead atoms. The summed E-state index contributed by atoms with van der Waals surface area (Å²) in [6, 6.07) is 14.3. The molecule has 4 nitrogen and oxygen atoms in total. The van der Waals surface area contributed by atoms with E-state index in [4.69, 9.17) is 0 Å². The fourth-order valence-corrected chi connectivity index (χ4v) is 3.94. The number of anilines is 2. The molecule has 1 N–H and O–H groups in total. The van der Waals surface area contributed by atoms with Crippen molar-refractivity contribution in [1.82, 2.24) is 0 Å². The number of imide groups is 1. The molecule has 2 amide bonds. The summed E-state index contributed by atoms with van der Waals surface area (Å²) in [6.07, 6.45) is 0. The number of rotatable bonds is 4. The van der Waals surface area contributed by atoms with E-state index >= 15 is 0 Å². The van der Waals surface area contributed by atoms with E-state index in [1.165, 1.54) is 6.07 Å². The van der Waals surface area contributed by atoms with E-state index < -0.39 is 23.4 Å². The Morgan fingerprint density at radius 1 is 0.719 bits per heavy atom. The molecule has 0 fully saturated rings. The smallest absolute Gasteiger partial charge is 0.282 e. The third-order valence-electron chi connectivity index (χ3n) is 5.54. The van der Waals surface area contributed by atoms with Gasteiger partial charge in [0.2, 0.25) is 0 Å². The van der Waals surface area contributed by atoms with Gasteiger partial charge in [0.1, 0.15) is 5.70 Å². The lowest BCUT2D eigenvalue weighted by atomic mass is 9.97. The summed E-state index contributed by atoms with van der Waals surface area (Å²) >= 11 is 0. The quantitative estimate of drug-likeness (QED) is 0.547. The Hall–Kier alpha value is -3.80. The molecular formula is C26H22F2N2O2. The molecule has 0 spiro atoms. The summed E-state index contributed by atoms with van der Waals surface area (Å²) in [5.41, 5.74) is 5.36. The summed E-state index contributed by atoms with van der Waals surface area (Å²) in [5.74, 6) is -3.41. The second-order valence-electron chi connectivity index (χ2n) is 8.06. The molecule has 0 unspecified atom stereocenters. The second kappa shape index (κ2) is 8.04. The van der Waals surface area contributed by atoms with Crippen LogP contribution in [0.3, 0.4) is 0 Å². The first-order valence-corrected chi connectivity index (χ1v) is 10.2. The maximum absolute atomic E-state index is 13.9. The highest BCUT2D eigenvalue weighted by molar-refractivity contribution is 6.46. The minimum atomic E-state index is -1.13. The van der Waals surface area contributed by atoms with Crippen LogP contribution in [0.4, 0.5) is 20.2 Å². The monoisotopic (exact) mass is 432 g/mol. The predicted molar refractivity (Wildman–Crippen MR) is 121 cm³/mol. The Balaban J connectivity index is 1.88. The van der Waals surface area contributed by atoms with Gasteiger partial charge < -0.3 is 5.32 Å². The molecule has 0 saturated carbocycles. The highest BCUT2D eigenvalue weighted by Gasteiger charge is 2.41. The van der Waals surface area contributed by atoms with Crippen molar-refractivity contribution in [2.24, 2.45) is 0 Å². The highest BCUT2D eigenvalue weighted by atomic mass is 19.2. The molecule has 6 heteroatoms. The minimum Gasteiger partial charge on any atom is -0.350 e. The van der Waals surface area contributed by atoms with E-state index in [2.05, 4.69) is 5.32 Å². The van der Waals surface area contributed by atoms with Gasteiger partial charge in [-0.05, 0) is 62.6 Å². The first-order valence-electron chi connectivity index (χ1n) is 10.2. The van der Waals surface area contributed by atoms with Crippen LogP contribution in [0.15, 0.2) is 60.3 Å². The molecule has 0 radical (unpaired) electrons. The van der Waals surface area contributed by atoms with Crippen LogP contribution in [-0.4, -0.2) is 11.8 Å². The number of amides is 2. The average Bonchev–Trinajstić information content (AvgIpc) is 2.96. The average molecular weight is 432 g/mol. The Labute approximate surface area is 185 Å². The molecule has 32 heavy (non-hydrogen) atoms. The summed E-state index contributed by atoms with van der Waals surface area (Å²) in [7, 11) is 0. The Bertz CT molecular complexity index is 1310. The number of carbonyl (C=O) groups is 2. The van der Waals surface area contributed by atoms with Gasteiger partial charge in [-0.15, -0.1) is 0 Å². The largest absolute Gasteiger partial charge is 0.350 e. The van der Waals surface area contributed by atoms with Gasteiger partial charge >= 0.3 is 0 Å². The zero-order valence-corrected chi connectivity index (χ0v) is 18.2. The highest BCUT2D eigenvalue weighted by Crippen LogP contribution is 2.36. The van der Waals surface area contributed by atoms with E-state index in [0.717, 1.165) is 39.3 Å². The first kappa shape index (κ1) is 21.4. The van der Waals surface area contributed by atoms with Gasteiger partial charge in [-0.3, -0.25) is 9.59 Å². The van der Waals surface area contributed by atoms with Gasteiger partial charge in [0, 0.05) is 11.8 Å². The van der Waals surface area contributed by atoms with Crippen molar-refractivity contribution in [1.29, 1.82) is 0 Å². The topological polar surface area (TPSA) is 49.4 Å². The van der Waals surface area contributed by atoms with Crippen LogP contribution >= 0.6 is 0 Å². The van der Waals surface area contributed by atoms with Crippen LogP contribution in [0.2, 0.25) is 0 Å². The standard InChI is InChI=1S/C26H22F2N2O2/c1-14-5-8-19(16(3)11-14)23-24(29-22-10-6-15(2)12-17(22)4)26(32)30(25(23)31)18-7-9-20(27)21(28)13-18/h5-13,29H,1-4H3. The molecule has 1 aliphatic heterocycles. The van der Waals surface area contributed by atoms with Gasteiger partial charge in [-0.25, -0.2) is 13.7 Å². The Kier molecular flexibility index (Phi) is 5.38. The third kappa shape index (κ3) is 3.68. The van der Waals surface area contributed by atoms with Crippen molar-refractivity contribution in [3.8, 4) is 0 Å². The van der Waals surface area contributed by atoms with E-state index in [9.17, 15) is 18.4 Å². The summed E-state index contributed by atoms with van der Waals surface area (Å²) in [5, 5.41) is 3.13. The van der Waals surface area contributed by atoms with E-state index in [1.807, 2.05) is 58.0 Å². The normalized spacial score (nSPS) is 13.9. The Morgan fingerprint density at radius 2 is 1.38 bits per heavy atom. The fraction of sp³-hybridized carbons (Fsp3) is 0.154. The summed E-state index contributed by atoms with van der Waals surface area (Å²) < 4.78 is 27.4. The number of nitrogens with zero attached hydrogens (tertiary/aromatic N) is 1. The van der Waals surface area contributed by atoms with Crippen molar-refractivity contribution >= 4 is 28.8 Å². The summed E-state index contributed by atoms with van der Waals surface area (Å²) in [4.78, 5) is 27.8. The number of halogens is 2. The second-order valence-corrected chi connectivity index (χ2v) is 8.06. The molecule has 4 rings (SSSR count). The van der Waals surface area contributed by atoms with Crippen molar-refractivity contribution in [2.45, 2.75) is 27.7 Å². The fourth-order valence-electron chi connectivity index (χ4n) is 3.94. The molecule has 1 aliphatic rings. The van der Waals surface area contributed by atoms with Crippen LogP contribution in [-0.2, 0) is 9.59 Å². The molecule has 0 aliphatic carbocycles. The van der Waals surface area contributed by atoms with Crippen molar-refractivity contribution < 1.29 is 18.4 Å². The number of nitrogens with one attached hydrogen (secondary N) is 1. The van der Waals surface area contributed by atoms with Crippen LogP contribution in [0.25, 0.3) is 5.57 Å². The lowest BCUT2D eigenvalue weighted by Crippen LogP contribution is -2.32. The lowest BCUT2D eigenvalue weighted by Gasteiger charge is -2.16. The third-order valence-corrected chi connectivity index (χ3v) is 5.54. The molecular weight excluding hydrogens is 410 g/mol. The van der Waals surface area contributed by atoms with E-state index in [-0.39, 0.29) is 17.0 Å². The van der Waals surface area contributed by atoms with E-state index in [0.29, 0.717) is 11.3 Å². The molecule has 3 aromatic rings. The van der Waals surface area contributed by atoms with Gasteiger partial charge in [-0.2, -0.15) is 0 Å². The predicted octanol–water partition coefficient (Wildman–Crippen LogP) is 5.60. The van der Waals surface area contributed by atoms with Crippen LogP contribution in [0.5, 0.6) is 0 Å². The molecule has 0 atom stereocenters. The SMILES string of the molecule is Cc1ccc(NC2=C(c3ccc(C)cc3C)C(=O)N(c3ccc(F)c(F)c3)C2=O)c(C)c1. The number of benzene rings is 3. The van der Waals surface area contributed by atoms with Gasteiger partial charge in [0.25, 0.3) is 11.8 Å². The lowest BCUT2D eigenvalue weighted by molar-refractivity contribution is -0.120. The molecule has 0 saturated heterocycles. The van der Waals surface area contributed by atoms with Crippen molar-refractivity contribution in [3.05, 3.63) is 99.7 Å². The minimum absolute atomic E-state index is 0.0291. The zero-order valence-electron chi connectivity index (χ0n) is 18.2. The maximum Gasteiger partial charge on any atom is 0.282 e. The summed E-state index contributed by atoms with van der Waals surface area (Å²) in [6.45, 7) is 7.67. The van der Waals surface area contributed by atoms with E-state index in [1.54, 1.807) is 6.07 Å².